The SMILES string of the molecule is O=C(CCCc1c[nH]c2ccccc12)N1CCN(Cc2ccccn2)CC1. The molecular formula is C22H26N4O. The lowest BCUT2D eigenvalue weighted by Crippen LogP contribution is -2.48. The summed E-state index contributed by atoms with van der Waals surface area (Å²) in [5, 5.41) is 1.27. The molecule has 1 amide bonds. The number of aryl methyl sites for hydroxylation is 1. The molecule has 0 radical (unpaired) electrons. The third-order valence-electron chi connectivity index (χ3n) is 5.35. The van der Waals surface area contributed by atoms with Gasteiger partial charge in [-0.15, -0.1) is 0 Å². The van der Waals surface area contributed by atoms with Gasteiger partial charge in [0, 0.05) is 62.4 Å². The summed E-state index contributed by atoms with van der Waals surface area (Å²) in [5.41, 5.74) is 3.57. The number of fused-ring (bicyclic) bond motifs is 1. The first kappa shape index (κ1) is 17.7. The van der Waals surface area contributed by atoms with Crippen molar-refractivity contribution in [3.63, 3.8) is 0 Å². The molecule has 1 N–H and O–H groups in total. The van der Waals surface area contributed by atoms with E-state index in [4.69, 9.17) is 0 Å². The highest BCUT2D eigenvalue weighted by Gasteiger charge is 2.21. The van der Waals surface area contributed by atoms with Crippen molar-refractivity contribution in [1.29, 1.82) is 0 Å². The predicted octanol–water partition coefficient (Wildman–Crippen LogP) is 3.23. The third kappa shape index (κ3) is 4.37. The number of aromatic amines is 1. The summed E-state index contributed by atoms with van der Waals surface area (Å²) < 4.78 is 0. The van der Waals surface area contributed by atoms with Gasteiger partial charge in [-0.3, -0.25) is 14.7 Å². The molecule has 1 aliphatic heterocycles. The maximum absolute atomic E-state index is 12.5. The van der Waals surface area contributed by atoms with Crippen LogP contribution >= 0.6 is 0 Å². The molecule has 5 heteroatoms. The molecule has 4 rings (SSSR count). The van der Waals surface area contributed by atoms with E-state index < -0.39 is 0 Å². The van der Waals surface area contributed by atoms with Gasteiger partial charge in [-0.1, -0.05) is 24.3 Å². The summed E-state index contributed by atoms with van der Waals surface area (Å²) >= 11 is 0. The molecule has 1 fully saturated rings. The summed E-state index contributed by atoms with van der Waals surface area (Å²) in [6, 6.07) is 14.4. The molecule has 0 atom stereocenters. The fourth-order valence-corrected chi connectivity index (χ4v) is 3.80. The highest BCUT2D eigenvalue weighted by Crippen LogP contribution is 2.19. The van der Waals surface area contributed by atoms with Crippen LogP contribution in [0.2, 0.25) is 0 Å². The number of hydrogen-bond acceptors (Lipinski definition) is 3. The minimum Gasteiger partial charge on any atom is -0.361 e. The quantitative estimate of drug-likeness (QED) is 0.732. The van der Waals surface area contributed by atoms with Crippen molar-refractivity contribution in [2.45, 2.75) is 25.8 Å². The number of amides is 1. The van der Waals surface area contributed by atoms with Crippen LogP contribution in [0.15, 0.2) is 54.9 Å². The molecule has 140 valence electrons. The van der Waals surface area contributed by atoms with Crippen LogP contribution in [-0.2, 0) is 17.8 Å². The zero-order valence-corrected chi connectivity index (χ0v) is 15.6. The topological polar surface area (TPSA) is 52.2 Å². The number of para-hydroxylation sites is 1. The van der Waals surface area contributed by atoms with Gasteiger partial charge in [0.2, 0.25) is 5.91 Å². The second-order valence-corrected chi connectivity index (χ2v) is 7.19. The van der Waals surface area contributed by atoms with Crippen LogP contribution in [0.3, 0.4) is 0 Å². The number of piperazine rings is 1. The summed E-state index contributed by atoms with van der Waals surface area (Å²) in [7, 11) is 0. The molecule has 1 aliphatic rings. The monoisotopic (exact) mass is 362 g/mol. The fraction of sp³-hybridized carbons (Fsp3) is 0.364. The smallest absolute Gasteiger partial charge is 0.222 e. The summed E-state index contributed by atoms with van der Waals surface area (Å²) in [5.74, 6) is 0.285. The van der Waals surface area contributed by atoms with E-state index in [1.54, 1.807) is 0 Å². The maximum atomic E-state index is 12.5. The molecule has 0 unspecified atom stereocenters. The Labute approximate surface area is 160 Å². The Morgan fingerprint density at radius 1 is 1.04 bits per heavy atom. The highest BCUT2D eigenvalue weighted by atomic mass is 16.2. The summed E-state index contributed by atoms with van der Waals surface area (Å²) in [6.07, 6.45) is 6.37. The largest absolute Gasteiger partial charge is 0.361 e. The molecular weight excluding hydrogens is 336 g/mol. The van der Waals surface area contributed by atoms with Gasteiger partial charge in [-0.2, -0.15) is 0 Å². The minimum atomic E-state index is 0.285. The Bertz CT molecular complexity index is 881. The first-order valence-electron chi connectivity index (χ1n) is 9.74. The molecule has 0 bridgehead atoms. The van der Waals surface area contributed by atoms with E-state index in [1.807, 2.05) is 29.3 Å². The van der Waals surface area contributed by atoms with E-state index in [2.05, 4.69) is 45.3 Å². The van der Waals surface area contributed by atoms with Crippen molar-refractivity contribution in [1.82, 2.24) is 19.8 Å². The number of hydrogen-bond donors (Lipinski definition) is 1. The number of rotatable bonds is 6. The van der Waals surface area contributed by atoms with Gasteiger partial charge in [0.15, 0.2) is 0 Å². The van der Waals surface area contributed by atoms with Gasteiger partial charge in [0.1, 0.15) is 0 Å². The molecule has 3 aromatic rings. The Balaban J connectivity index is 1.21. The Hall–Kier alpha value is -2.66. The summed E-state index contributed by atoms with van der Waals surface area (Å²) in [6.45, 7) is 4.34. The minimum absolute atomic E-state index is 0.285. The van der Waals surface area contributed by atoms with Crippen molar-refractivity contribution < 1.29 is 4.79 Å². The highest BCUT2D eigenvalue weighted by molar-refractivity contribution is 5.83. The number of H-pyrrole nitrogens is 1. The van der Waals surface area contributed by atoms with Crippen LogP contribution < -0.4 is 0 Å². The second-order valence-electron chi connectivity index (χ2n) is 7.19. The normalized spacial score (nSPS) is 15.3. The van der Waals surface area contributed by atoms with Gasteiger partial charge in [0.25, 0.3) is 0 Å². The average molecular weight is 362 g/mol. The lowest BCUT2D eigenvalue weighted by atomic mass is 10.1. The van der Waals surface area contributed by atoms with E-state index >= 15 is 0 Å². The number of carbonyl (C=O) groups excluding carboxylic acids is 1. The number of nitrogens with zero attached hydrogens (tertiary/aromatic N) is 3. The molecule has 0 saturated carbocycles. The van der Waals surface area contributed by atoms with Gasteiger partial charge < -0.3 is 9.88 Å². The van der Waals surface area contributed by atoms with Gasteiger partial charge >= 0.3 is 0 Å². The van der Waals surface area contributed by atoms with Crippen LogP contribution in [-0.4, -0.2) is 51.9 Å². The number of aromatic nitrogens is 2. The molecule has 5 nitrogen and oxygen atoms in total. The fourth-order valence-electron chi connectivity index (χ4n) is 3.80. The van der Waals surface area contributed by atoms with Crippen molar-refractivity contribution >= 4 is 16.8 Å². The molecule has 0 aliphatic carbocycles. The standard InChI is InChI=1S/C22H26N4O/c27-22(10-5-6-18-16-24-21-9-2-1-8-20(18)21)26-14-12-25(13-15-26)17-19-7-3-4-11-23-19/h1-4,7-9,11,16,24H,5-6,10,12-15,17H2. The van der Waals surface area contributed by atoms with Gasteiger partial charge in [-0.25, -0.2) is 0 Å². The first-order chi connectivity index (χ1) is 13.3. The van der Waals surface area contributed by atoms with Crippen LogP contribution in [0.4, 0.5) is 0 Å². The average Bonchev–Trinajstić information content (AvgIpc) is 3.12. The Kier molecular flexibility index (Phi) is 5.49. The molecule has 1 saturated heterocycles. The van der Waals surface area contributed by atoms with Crippen LogP contribution in [0.1, 0.15) is 24.1 Å². The van der Waals surface area contributed by atoms with E-state index in [0.717, 1.165) is 51.3 Å². The number of nitrogens with one attached hydrogen (secondary N) is 1. The zero-order valence-electron chi connectivity index (χ0n) is 15.6. The zero-order chi connectivity index (χ0) is 18.5. The molecule has 1 aromatic carbocycles. The van der Waals surface area contributed by atoms with Crippen LogP contribution in [0.25, 0.3) is 10.9 Å². The van der Waals surface area contributed by atoms with Crippen LogP contribution in [0, 0.1) is 0 Å². The van der Waals surface area contributed by atoms with E-state index in [9.17, 15) is 4.79 Å². The third-order valence-corrected chi connectivity index (χ3v) is 5.35. The molecule has 27 heavy (non-hydrogen) atoms. The predicted molar refractivity (Wildman–Crippen MR) is 107 cm³/mol. The molecule has 2 aromatic heterocycles. The van der Waals surface area contributed by atoms with Crippen molar-refractivity contribution in [3.05, 3.63) is 66.1 Å². The first-order valence-corrected chi connectivity index (χ1v) is 9.74. The molecule has 0 spiro atoms. The van der Waals surface area contributed by atoms with E-state index in [-0.39, 0.29) is 5.91 Å². The molecule has 3 heterocycles. The van der Waals surface area contributed by atoms with Gasteiger partial charge in [-0.05, 0) is 36.6 Å². The Morgan fingerprint density at radius 2 is 1.85 bits per heavy atom. The van der Waals surface area contributed by atoms with Crippen LogP contribution in [0.5, 0.6) is 0 Å². The van der Waals surface area contributed by atoms with Crippen molar-refractivity contribution in [3.8, 4) is 0 Å². The van der Waals surface area contributed by atoms with Gasteiger partial charge in [0.05, 0.1) is 5.69 Å². The second kappa shape index (κ2) is 8.35. The number of pyridine rings is 1. The van der Waals surface area contributed by atoms with Crippen molar-refractivity contribution in [2.24, 2.45) is 0 Å². The number of benzene rings is 1. The lowest BCUT2D eigenvalue weighted by Gasteiger charge is -2.34. The van der Waals surface area contributed by atoms with E-state index in [0.29, 0.717) is 6.42 Å². The maximum Gasteiger partial charge on any atom is 0.222 e. The Morgan fingerprint density at radius 3 is 2.67 bits per heavy atom. The summed E-state index contributed by atoms with van der Waals surface area (Å²) in [4.78, 5) is 24.6. The lowest BCUT2D eigenvalue weighted by molar-refractivity contribution is -0.133. The number of carbonyl (C=O) groups is 1. The van der Waals surface area contributed by atoms with Crippen molar-refractivity contribution in [2.75, 3.05) is 26.2 Å². The van der Waals surface area contributed by atoms with E-state index in [1.165, 1.54) is 16.5 Å².